The van der Waals surface area contributed by atoms with Crippen LogP contribution in [0.25, 0.3) is 16.7 Å². The molecule has 0 saturated carbocycles. The van der Waals surface area contributed by atoms with Crippen molar-refractivity contribution in [2.75, 3.05) is 16.8 Å². The number of para-hydroxylation sites is 3. The van der Waals surface area contributed by atoms with Crippen LogP contribution in [0.3, 0.4) is 0 Å². The maximum atomic E-state index is 12.9. The third-order valence-corrected chi connectivity index (χ3v) is 4.93. The first kappa shape index (κ1) is 17.8. The van der Waals surface area contributed by atoms with Gasteiger partial charge in [0.05, 0.1) is 23.3 Å². The predicted octanol–water partition coefficient (Wildman–Crippen LogP) is 1.57. The fourth-order valence-electron chi connectivity index (χ4n) is 3.51. The average Bonchev–Trinajstić information content (AvgIpc) is 3.20. The van der Waals surface area contributed by atoms with E-state index in [0.29, 0.717) is 22.4 Å². The number of carbonyl (C=O) groups excluding carboxylic acids is 2. The number of amides is 2. The van der Waals surface area contributed by atoms with Crippen molar-refractivity contribution in [3.63, 3.8) is 0 Å². The Morgan fingerprint density at radius 2 is 1.80 bits per heavy atom. The number of fused-ring (bicyclic) bond motifs is 2. The monoisotopic (exact) mass is 400 g/mol. The molecule has 3 heterocycles. The lowest BCUT2D eigenvalue weighted by Crippen LogP contribution is -2.44. The van der Waals surface area contributed by atoms with Gasteiger partial charge in [0.1, 0.15) is 24.8 Å². The number of nitrogens with zero attached hydrogens (tertiary/aromatic N) is 5. The van der Waals surface area contributed by atoms with Crippen LogP contribution in [-0.2, 0) is 16.1 Å². The fraction of sp³-hybridized carbons (Fsp3) is 0.0952. The molecular formula is C21H16N6O3. The molecule has 0 spiro atoms. The smallest absolute Gasteiger partial charge is 0.264 e. The predicted molar refractivity (Wildman–Crippen MR) is 111 cm³/mol. The van der Waals surface area contributed by atoms with Crippen LogP contribution < -0.4 is 15.8 Å². The van der Waals surface area contributed by atoms with Gasteiger partial charge in [0.2, 0.25) is 11.8 Å². The molecular weight excluding hydrogens is 384 g/mol. The summed E-state index contributed by atoms with van der Waals surface area (Å²) in [5.74, 6) is -0.664. The number of hydrogen-bond donors (Lipinski definition) is 1. The molecule has 9 nitrogen and oxygen atoms in total. The third kappa shape index (κ3) is 2.93. The number of benzene rings is 2. The molecule has 1 aliphatic rings. The van der Waals surface area contributed by atoms with Gasteiger partial charge in [0.25, 0.3) is 5.56 Å². The highest BCUT2D eigenvalue weighted by atomic mass is 16.2. The average molecular weight is 400 g/mol. The summed E-state index contributed by atoms with van der Waals surface area (Å²) in [4.78, 5) is 43.5. The summed E-state index contributed by atoms with van der Waals surface area (Å²) in [5.41, 5.74) is 1.99. The first-order valence-electron chi connectivity index (χ1n) is 9.29. The first-order valence-corrected chi connectivity index (χ1v) is 9.29. The number of aromatic nitrogens is 4. The fourth-order valence-corrected chi connectivity index (χ4v) is 3.51. The van der Waals surface area contributed by atoms with Crippen LogP contribution in [0, 0.1) is 0 Å². The van der Waals surface area contributed by atoms with E-state index in [1.54, 1.807) is 28.9 Å². The van der Waals surface area contributed by atoms with Crippen LogP contribution in [0.2, 0.25) is 0 Å². The van der Waals surface area contributed by atoms with E-state index in [-0.39, 0.29) is 30.5 Å². The Morgan fingerprint density at radius 1 is 1.03 bits per heavy atom. The highest BCUT2D eigenvalue weighted by Gasteiger charge is 2.27. The van der Waals surface area contributed by atoms with Crippen LogP contribution in [0.4, 0.5) is 11.4 Å². The molecule has 30 heavy (non-hydrogen) atoms. The van der Waals surface area contributed by atoms with Gasteiger partial charge in [-0.1, -0.05) is 30.3 Å². The van der Waals surface area contributed by atoms with Crippen molar-refractivity contribution in [2.45, 2.75) is 6.54 Å². The minimum atomic E-state index is -0.379. The van der Waals surface area contributed by atoms with E-state index in [9.17, 15) is 14.4 Å². The van der Waals surface area contributed by atoms with E-state index in [4.69, 9.17) is 0 Å². The highest BCUT2D eigenvalue weighted by Crippen LogP contribution is 2.29. The topological polar surface area (TPSA) is 102 Å². The van der Waals surface area contributed by atoms with E-state index in [1.807, 2.05) is 30.3 Å². The van der Waals surface area contributed by atoms with Gasteiger partial charge in [-0.3, -0.25) is 23.9 Å². The Balaban J connectivity index is 1.48. The summed E-state index contributed by atoms with van der Waals surface area (Å²) in [6.07, 6.45) is 2.78. The van der Waals surface area contributed by atoms with Crippen molar-refractivity contribution in [1.82, 2.24) is 19.3 Å². The summed E-state index contributed by atoms with van der Waals surface area (Å²) in [6, 6.07) is 16.4. The minimum Gasteiger partial charge on any atom is -0.323 e. The van der Waals surface area contributed by atoms with E-state index in [0.717, 1.165) is 5.69 Å². The second kappa shape index (κ2) is 6.96. The molecule has 0 radical (unpaired) electrons. The zero-order valence-corrected chi connectivity index (χ0v) is 15.7. The van der Waals surface area contributed by atoms with Crippen LogP contribution in [-0.4, -0.2) is 37.7 Å². The van der Waals surface area contributed by atoms with E-state index in [1.165, 1.54) is 22.0 Å². The lowest BCUT2D eigenvalue weighted by Gasteiger charge is -2.29. The maximum Gasteiger partial charge on any atom is 0.264 e. The van der Waals surface area contributed by atoms with Gasteiger partial charge < -0.3 is 5.32 Å². The molecule has 9 heteroatoms. The Kier molecular flexibility index (Phi) is 4.13. The van der Waals surface area contributed by atoms with Crippen molar-refractivity contribution < 1.29 is 9.59 Å². The zero-order chi connectivity index (χ0) is 20.7. The quantitative estimate of drug-likeness (QED) is 0.562. The van der Waals surface area contributed by atoms with Gasteiger partial charge in [0.15, 0.2) is 5.65 Å². The molecule has 0 unspecified atom stereocenters. The molecule has 4 aromatic rings. The lowest BCUT2D eigenvalue weighted by molar-refractivity contribution is -0.122. The summed E-state index contributed by atoms with van der Waals surface area (Å²) in [5, 5.41) is 7.32. The SMILES string of the molecule is O=C1CN(C(=O)Cn2cnc3c(cnn3-c3ccccc3)c2=O)c2ccccc2N1. The molecule has 1 aliphatic heterocycles. The van der Waals surface area contributed by atoms with Crippen molar-refractivity contribution in [2.24, 2.45) is 0 Å². The lowest BCUT2D eigenvalue weighted by atomic mass is 10.2. The Bertz CT molecular complexity index is 1340. The van der Waals surface area contributed by atoms with Crippen molar-refractivity contribution in [3.8, 4) is 5.69 Å². The normalized spacial score (nSPS) is 13.2. The number of anilines is 2. The Morgan fingerprint density at radius 3 is 2.63 bits per heavy atom. The standard InChI is InChI=1S/C21H16N6O3/c28-18-11-26(17-9-5-4-8-16(17)24-18)19(29)12-25-13-22-20-15(21(25)30)10-23-27(20)14-6-2-1-3-7-14/h1-10,13H,11-12H2,(H,24,28). The van der Waals surface area contributed by atoms with Gasteiger partial charge in [-0.15, -0.1) is 0 Å². The molecule has 2 aromatic heterocycles. The molecule has 1 N–H and O–H groups in total. The van der Waals surface area contributed by atoms with Gasteiger partial charge in [-0.05, 0) is 24.3 Å². The summed E-state index contributed by atoms with van der Waals surface area (Å²) >= 11 is 0. The van der Waals surface area contributed by atoms with Crippen molar-refractivity contribution in [1.29, 1.82) is 0 Å². The molecule has 0 aliphatic carbocycles. The van der Waals surface area contributed by atoms with Gasteiger partial charge >= 0.3 is 0 Å². The van der Waals surface area contributed by atoms with Crippen LogP contribution in [0.15, 0.2) is 71.9 Å². The number of nitrogens with one attached hydrogen (secondary N) is 1. The Labute approximate surface area is 170 Å². The van der Waals surface area contributed by atoms with E-state index in [2.05, 4.69) is 15.4 Å². The zero-order valence-electron chi connectivity index (χ0n) is 15.7. The Hall–Kier alpha value is -4.27. The van der Waals surface area contributed by atoms with Gasteiger partial charge in [-0.2, -0.15) is 5.10 Å². The summed E-state index contributed by atoms with van der Waals surface area (Å²) in [7, 11) is 0. The highest BCUT2D eigenvalue weighted by molar-refractivity contribution is 6.09. The van der Waals surface area contributed by atoms with Crippen LogP contribution >= 0.6 is 0 Å². The van der Waals surface area contributed by atoms with Crippen molar-refractivity contribution in [3.05, 3.63) is 77.5 Å². The summed E-state index contributed by atoms with van der Waals surface area (Å²) in [6.45, 7) is -0.341. The number of hydrogen-bond acceptors (Lipinski definition) is 5. The number of rotatable bonds is 3. The third-order valence-electron chi connectivity index (χ3n) is 4.93. The summed E-state index contributed by atoms with van der Waals surface area (Å²) < 4.78 is 2.81. The second-order valence-electron chi connectivity index (χ2n) is 6.85. The van der Waals surface area contributed by atoms with Crippen molar-refractivity contribution >= 4 is 34.2 Å². The molecule has 0 fully saturated rings. The minimum absolute atomic E-state index is 0.105. The van der Waals surface area contributed by atoms with E-state index >= 15 is 0 Å². The van der Waals surface area contributed by atoms with Gasteiger partial charge in [-0.25, -0.2) is 9.67 Å². The molecule has 5 rings (SSSR count). The molecule has 148 valence electrons. The van der Waals surface area contributed by atoms with Crippen LogP contribution in [0.5, 0.6) is 0 Å². The van der Waals surface area contributed by atoms with Crippen LogP contribution in [0.1, 0.15) is 0 Å². The maximum absolute atomic E-state index is 12.9. The first-order chi connectivity index (χ1) is 14.6. The molecule has 0 bridgehead atoms. The second-order valence-corrected chi connectivity index (χ2v) is 6.85. The number of carbonyl (C=O) groups is 2. The molecule has 2 amide bonds. The largest absolute Gasteiger partial charge is 0.323 e. The molecule has 2 aromatic carbocycles. The molecule has 0 atom stereocenters. The van der Waals surface area contributed by atoms with Gasteiger partial charge in [0, 0.05) is 0 Å². The van der Waals surface area contributed by atoms with E-state index < -0.39 is 0 Å². The molecule has 0 saturated heterocycles.